The minimum absolute atomic E-state index is 0.0488. The average Bonchev–Trinajstić information content (AvgIpc) is 2.39. The second-order valence-electron chi connectivity index (χ2n) is 4.36. The molecule has 5 nitrogen and oxygen atoms in total. The number of nitrogens with zero attached hydrogens (tertiary/aromatic N) is 1. The maximum atomic E-state index is 11.8. The molecule has 1 saturated heterocycles. The van der Waals surface area contributed by atoms with Gasteiger partial charge in [-0.1, -0.05) is 5.92 Å². The highest BCUT2D eigenvalue weighted by molar-refractivity contribution is 5.80. The van der Waals surface area contributed by atoms with Gasteiger partial charge in [-0.3, -0.25) is 14.9 Å². The van der Waals surface area contributed by atoms with E-state index in [-0.39, 0.29) is 24.3 Å². The molecule has 2 amide bonds. The summed E-state index contributed by atoms with van der Waals surface area (Å²) < 4.78 is 0. The molecule has 100 valence electrons. The lowest BCUT2D eigenvalue weighted by molar-refractivity contribution is -0.134. The minimum atomic E-state index is 0.0488. The summed E-state index contributed by atoms with van der Waals surface area (Å²) in [7, 11) is 0. The maximum Gasteiger partial charge on any atom is 0.236 e. The van der Waals surface area contributed by atoms with Crippen LogP contribution in [0, 0.1) is 18.3 Å². The molecule has 0 aromatic heterocycles. The highest BCUT2D eigenvalue weighted by Gasteiger charge is 2.26. The van der Waals surface area contributed by atoms with Crippen molar-refractivity contribution >= 4 is 11.8 Å². The summed E-state index contributed by atoms with van der Waals surface area (Å²) in [6.07, 6.45) is 6.58. The third-order valence-corrected chi connectivity index (χ3v) is 3.07. The topological polar surface area (TPSA) is 61.4 Å². The van der Waals surface area contributed by atoms with Gasteiger partial charge in [0.2, 0.25) is 11.8 Å². The second kappa shape index (κ2) is 7.72. The summed E-state index contributed by atoms with van der Waals surface area (Å²) >= 11 is 0. The molecule has 0 aliphatic carbocycles. The molecular weight excluding hydrogens is 230 g/mol. The number of terminal acetylenes is 1. The van der Waals surface area contributed by atoms with Crippen LogP contribution in [0.4, 0.5) is 0 Å². The molecule has 0 spiro atoms. The van der Waals surface area contributed by atoms with E-state index < -0.39 is 0 Å². The van der Waals surface area contributed by atoms with Crippen LogP contribution in [-0.2, 0) is 9.59 Å². The summed E-state index contributed by atoms with van der Waals surface area (Å²) in [4.78, 5) is 25.2. The molecule has 1 heterocycles. The van der Waals surface area contributed by atoms with E-state index in [0.29, 0.717) is 26.2 Å². The lowest BCUT2D eigenvalue weighted by atomic mass is 9.96. The Labute approximate surface area is 108 Å². The van der Waals surface area contributed by atoms with Gasteiger partial charge in [-0.15, -0.1) is 6.42 Å². The number of amides is 2. The van der Waals surface area contributed by atoms with Crippen molar-refractivity contribution in [3.8, 4) is 12.3 Å². The van der Waals surface area contributed by atoms with Gasteiger partial charge in [-0.25, -0.2) is 0 Å². The Balaban J connectivity index is 2.28. The number of carbonyl (C=O) groups is 2. The number of hydrogen-bond acceptors (Lipinski definition) is 3. The van der Waals surface area contributed by atoms with E-state index in [2.05, 4.69) is 16.6 Å². The van der Waals surface area contributed by atoms with Crippen molar-refractivity contribution in [2.45, 2.75) is 19.8 Å². The Morgan fingerprint density at radius 3 is 2.61 bits per heavy atom. The van der Waals surface area contributed by atoms with Crippen LogP contribution in [0.5, 0.6) is 0 Å². The Morgan fingerprint density at radius 2 is 2.06 bits per heavy atom. The van der Waals surface area contributed by atoms with E-state index in [1.165, 1.54) is 0 Å². The molecule has 0 unspecified atom stereocenters. The van der Waals surface area contributed by atoms with Crippen LogP contribution in [0.15, 0.2) is 0 Å². The van der Waals surface area contributed by atoms with Crippen LogP contribution in [0.3, 0.4) is 0 Å². The Bertz CT molecular complexity index is 328. The van der Waals surface area contributed by atoms with Crippen LogP contribution in [0.25, 0.3) is 0 Å². The molecule has 2 N–H and O–H groups in total. The van der Waals surface area contributed by atoms with Gasteiger partial charge in [0.15, 0.2) is 0 Å². The first-order valence-corrected chi connectivity index (χ1v) is 6.38. The smallest absolute Gasteiger partial charge is 0.236 e. The lowest BCUT2D eigenvalue weighted by Crippen LogP contribution is -2.45. The summed E-state index contributed by atoms with van der Waals surface area (Å²) in [6.45, 7) is 4.55. The Kier molecular flexibility index (Phi) is 6.23. The number of carbonyl (C=O) groups excluding carboxylic acids is 2. The van der Waals surface area contributed by atoms with Crippen molar-refractivity contribution in [1.29, 1.82) is 0 Å². The molecule has 0 bridgehead atoms. The second-order valence-corrected chi connectivity index (χ2v) is 4.36. The number of piperidine rings is 1. The molecule has 0 saturated carbocycles. The fraction of sp³-hybridized carbons (Fsp3) is 0.692. The molecule has 1 rings (SSSR count). The molecule has 0 aromatic carbocycles. The van der Waals surface area contributed by atoms with E-state index in [4.69, 9.17) is 6.42 Å². The van der Waals surface area contributed by atoms with Gasteiger partial charge in [0, 0.05) is 25.6 Å². The van der Waals surface area contributed by atoms with E-state index >= 15 is 0 Å². The Morgan fingerprint density at radius 1 is 1.39 bits per heavy atom. The van der Waals surface area contributed by atoms with Crippen molar-refractivity contribution in [1.82, 2.24) is 15.5 Å². The molecule has 18 heavy (non-hydrogen) atoms. The first-order chi connectivity index (χ1) is 8.69. The van der Waals surface area contributed by atoms with Crippen LogP contribution >= 0.6 is 0 Å². The fourth-order valence-corrected chi connectivity index (χ4v) is 2.06. The van der Waals surface area contributed by atoms with Crippen molar-refractivity contribution in [3.05, 3.63) is 0 Å². The van der Waals surface area contributed by atoms with Gasteiger partial charge in [0.1, 0.15) is 0 Å². The highest BCUT2D eigenvalue weighted by atomic mass is 16.2. The van der Waals surface area contributed by atoms with Gasteiger partial charge in [-0.05, 0) is 19.8 Å². The molecule has 5 heteroatoms. The fourth-order valence-electron chi connectivity index (χ4n) is 2.06. The zero-order chi connectivity index (χ0) is 13.4. The molecule has 1 aliphatic rings. The van der Waals surface area contributed by atoms with Gasteiger partial charge in [-0.2, -0.15) is 0 Å². The van der Waals surface area contributed by atoms with Crippen LogP contribution in [0.2, 0.25) is 0 Å². The quantitative estimate of drug-likeness (QED) is 0.515. The van der Waals surface area contributed by atoms with Crippen LogP contribution < -0.4 is 10.6 Å². The molecule has 1 fully saturated rings. The number of hydrogen-bond donors (Lipinski definition) is 2. The number of rotatable bonds is 5. The zero-order valence-corrected chi connectivity index (χ0v) is 10.9. The maximum absolute atomic E-state index is 11.8. The van der Waals surface area contributed by atoms with Crippen molar-refractivity contribution < 1.29 is 9.59 Å². The van der Waals surface area contributed by atoms with Crippen molar-refractivity contribution in [2.75, 3.05) is 32.7 Å². The summed E-state index contributed by atoms with van der Waals surface area (Å²) in [5.41, 5.74) is 0. The first-order valence-electron chi connectivity index (χ1n) is 6.38. The molecular formula is C13H21N3O2. The normalized spacial score (nSPS) is 16.1. The first kappa shape index (κ1) is 14.5. The summed E-state index contributed by atoms with van der Waals surface area (Å²) in [5.74, 6) is 2.64. The Hall–Kier alpha value is -1.54. The van der Waals surface area contributed by atoms with E-state index in [1.807, 2.05) is 6.92 Å². The predicted molar refractivity (Wildman–Crippen MR) is 69.7 cm³/mol. The predicted octanol–water partition coefficient (Wildman–Crippen LogP) is -0.416. The number of likely N-dealkylation sites (tertiary alicyclic amines) is 1. The molecule has 1 aliphatic heterocycles. The van der Waals surface area contributed by atoms with Gasteiger partial charge in [0.25, 0.3) is 0 Å². The third kappa shape index (κ3) is 4.38. The van der Waals surface area contributed by atoms with Gasteiger partial charge >= 0.3 is 0 Å². The molecule has 0 aromatic rings. The molecule has 0 radical (unpaired) electrons. The SMILES string of the molecule is C#CCNCC(=O)N1CCC(C(=O)NCC)CC1. The van der Waals surface area contributed by atoms with E-state index in [9.17, 15) is 9.59 Å². The van der Waals surface area contributed by atoms with Gasteiger partial charge in [0.05, 0.1) is 13.1 Å². The van der Waals surface area contributed by atoms with Crippen molar-refractivity contribution in [3.63, 3.8) is 0 Å². The van der Waals surface area contributed by atoms with E-state index in [0.717, 1.165) is 12.8 Å². The zero-order valence-electron chi connectivity index (χ0n) is 10.9. The van der Waals surface area contributed by atoms with E-state index in [1.54, 1.807) is 4.90 Å². The summed E-state index contributed by atoms with van der Waals surface area (Å²) in [6, 6.07) is 0. The summed E-state index contributed by atoms with van der Waals surface area (Å²) in [5, 5.41) is 5.70. The van der Waals surface area contributed by atoms with Gasteiger partial charge < -0.3 is 10.2 Å². The monoisotopic (exact) mass is 251 g/mol. The average molecular weight is 251 g/mol. The van der Waals surface area contributed by atoms with Crippen LogP contribution in [0.1, 0.15) is 19.8 Å². The van der Waals surface area contributed by atoms with Crippen LogP contribution in [-0.4, -0.2) is 49.4 Å². The van der Waals surface area contributed by atoms with Crippen molar-refractivity contribution in [2.24, 2.45) is 5.92 Å². The largest absolute Gasteiger partial charge is 0.356 e. The standard InChI is InChI=1S/C13H21N3O2/c1-3-7-14-10-12(17)16-8-5-11(6-9-16)13(18)15-4-2/h1,11,14H,4-10H2,2H3,(H,15,18). The molecule has 0 atom stereocenters. The minimum Gasteiger partial charge on any atom is -0.356 e. The third-order valence-electron chi connectivity index (χ3n) is 3.07. The number of nitrogens with one attached hydrogen (secondary N) is 2. The lowest BCUT2D eigenvalue weighted by Gasteiger charge is -2.31. The highest BCUT2D eigenvalue weighted by Crippen LogP contribution is 2.17.